The maximum atomic E-state index is 14.2. The van der Waals surface area contributed by atoms with Crippen LogP contribution < -0.4 is 16.0 Å². The Labute approximate surface area is 191 Å². The number of benzene rings is 2. The van der Waals surface area contributed by atoms with Crippen molar-refractivity contribution in [2.75, 3.05) is 6.61 Å². The van der Waals surface area contributed by atoms with E-state index in [-0.39, 0.29) is 36.2 Å². The number of rotatable bonds is 9. The number of nitrogens with zero attached hydrogens (tertiary/aromatic N) is 3. The van der Waals surface area contributed by atoms with Crippen LogP contribution in [0, 0.1) is 12.7 Å². The first-order valence-electron chi connectivity index (χ1n) is 10.9. The molecule has 7 nitrogen and oxygen atoms in total. The fraction of sp³-hybridized carbons (Fsp3) is 0.320. The lowest BCUT2D eigenvalue weighted by atomic mass is 10.1. The Kier molecular flexibility index (Phi) is 8.32. The molecule has 0 fully saturated rings. The van der Waals surface area contributed by atoms with Gasteiger partial charge in [-0.3, -0.25) is 13.9 Å². The normalized spacial score (nSPS) is 11.6. The Balaban J connectivity index is 1.96. The molecule has 0 saturated heterocycles. The van der Waals surface area contributed by atoms with Crippen LogP contribution in [0.25, 0.3) is 0 Å². The summed E-state index contributed by atoms with van der Waals surface area (Å²) in [6.45, 7) is 1.57. The van der Waals surface area contributed by atoms with Crippen molar-refractivity contribution in [3.63, 3.8) is 0 Å². The minimum atomic E-state index is -0.535. The van der Waals surface area contributed by atoms with E-state index in [0.717, 1.165) is 16.6 Å². The molecule has 0 spiro atoms. The van der Waals surface area contributed by atoms with Gasteiger partial charge in [-0.1, -0.05) is 42.5 Å². The maximum Gasteiger partial charge on any atom is 0.332 e. The van der Waals surface area contributed by atoms with E-state index in [4.69, 9.17) is 9.84 Å². The number of aryl methyl sites for hydroxylation is 1. The summed E-state index contributed by atoms with van der Waals surface area (Å²) < 4.78 is 22.4. The Morgan fingerprint density at radius 3 is 2.45 bits per heavy atom. The average molecular weight is 454 g/mol. The van der Waals surface area contributed by atoms with Gasteiger partial charge in [-0.15, -0.1) is 0 Å². The molecule has 0 amide bonds. The fourth-order valence-electron chi connectivity index (χ4n) is 3.48. The number of ether oxygens (including phenoxy) is 1. The number of hydrogen-bond acceptors (Lipinski definition) is 5. The summed E-state index contributed by atoms with van der Waals surface area (Å²) in [5.41, 5.74) is 0.415. The Hall–Kier alpha value is -3.52. The lowest BCUT2D eigenvalue weighted by molar-refractivity contribution is 0.277. The molecule has 0 unspecified atom stereocenters. The van der Waals surface area contributed by atoms with Gasteiger partial charge in [0.2, 0.25) is 0 Å². The third-order valence-corrected chi connectivity index (χ3v) is 5.27. The van der Waals surface area contributed by atoms with E-state index in [0.29, 0.717) is 19.3 Å². The smallest absolute Gasteiger partial charge is 0.332 e. The summed E-state index contributed by atoms with van der Waals surface area (Å²) in [4.78, 5) is 30.0. The summed E-state index contributed by atoms with van der Waals surface area (Å²) in [5, 5.41) is 9.06. The van der Waals surface area contributed by atoms with Crippen molar-refractivity contribution in [3.05, 3.63) is 92.4 Å². The molecule has 0 atom stereocenters. The maximum absolute atomic E-state index is 14.2. The van der Waals surface area contributed by atoms with E-state index in [1.807, 2.05) is 30.3 Å². The highest BCUT2D eigenvalue weighted by molar-refractivity contribution is 5.81. The van der Waals surface area contributed by atoms with E-state index in [2.05, 4.69) is 4.99 Å². The lowest BCUT2D eigenvalue weighted by Crippen LogP contribution is -2.40. The second kappa shape index (κ2) is 11.4. The molecule has 0 radical (unpaired) electrons. The minimum absolute atomic E-state index is 0.0231. The molecule has 2 aromatic carbocycles. The standard InChI is InChI=1S/C25H28FN3O4/c1-18-23(28(2)25(32)29(24(18)31)16-9-17-30)27-22(33-21-14-7-6-13-20(21)26)15-8-12-19-10-4-3-5-11-19/h3-7,10-11,13-14,30H,8-9,12,15-17H2,1-2H3/b27-22+. The van der Waals surface area contributed by atoms with Gasteiger partial charge in [0.25, 0.3) is 5.56 Å². The zero-order valence-corrected chi connectivity index (χ0v) is 18.8. The predicted molar refractivity (Wildman–Crippen MR) is 126 cm³/mol. The lowest BCUT2D eigenvalue weighted by Gasteiger charge is -2.14. The van der Waals surface area contributed by atoms with Gasteiger partial charge in [0, 0.05) is 26.6 Å². The Morgan fingerprint density at radius 2 is 1.76 bits per heavy atom. The highest BCUT2D eigenvalue weighted by Gasteiger charge is 2.16. The van der Waals surface area contributed by atoms with Gasteiger partial charge in [0.05, 0.1) is 5.56 Å². The van der Waals surface area contributed by atoms with E-state index in [1.165, 1.54) is 23.7 Å². The van der Waals surface area contributed by atoms with Crippen LogP contribution in [0.5, 0.6) is 5.75 Å². The van der Waals surface area contributed by atoms with Crippen LogP contribution in [-0.4, -0.2) is 26.7 Å². The number of aromatic nitrogens is 2. The van der Waals surface area contributed by atoms with Crippen molar-refractivity contribution in [1.29, 1.82) is 0 Å². The van der Waals surface area contributed by atoms with Crippen LogP contribution in [-0.2, 0) is 20.0 Å². The molecule has 8 heteroatoms. The molecular weight excluding hydrogens is 425 g/mol. The monoisotopic (exact) mass is 453 g/mol. The molecule has 0 aliphatic rings. The van der Waals surface area contributed by atoms with Gasteiger partial charge in [-0.25, -0.2) is 9.18 Å². The number of hydrogen-bond donors (Lipinski definition) is 1. The van der Waals surface area contributed by atoms with Gasteiger partial charge in [0.1, 0.15) is 5.82 Å². The van der Waals surface area contributed by atoms with Crippen molar-refractivity contribution in [1.82, 2.24) is 9.13 Å². The summed E-state index contributed by atoms with van der Waals surface area (Å²) in [6, 6.07) is 15.9. The van der Waals surface area contributed by atoms with Gasteiger partial charge < -0.3 is 9.84 Å². The zero-order valence-electron chi connectivity index (χ0n) is 18.8. The van der Waals surface area contributed by atoms with Gasteiger partial charge >= 0.3 is 5.69 Å². The minimum Gasteiger partial charge on any atom is -0.440 e. The van der Waals surface area contributed by atoms with Crippen LogP contribution in [0.15, 0.2) is 69.2 Å². The molecular formula is C25H28FN3O4. The van der Waals surface area contributed by atoms with Crippen molar-refractivity contribution in [3.8, 4) is 5.75 Å². The molecule has 33 heavy (non-hydrogen) atoms. The molecule has 0 aliphatic heterocycles. The second-order valence-electron chi connectivity index (χ2n) is 7.70. The second-order valence-corrected chi connectivity index (χ2v) is 7.70. The Bertz CT molecular complexity index is 1200. The highest BCUT2D eigenvalue weighted by atomic mass is 19.1. The first-order chi connectivity index (χ1) is 15.9. The van der Waals surface area contributed by atoms with Crippen molar-refractivity contribution in [2.45, 2.75) is 39.2 Å². The summed E-state index contributed by atoms with van der Waals surface area (Å²) in [5.74, 6) is -0.133. The van der Waals surface area contributed by atoms with Crippen LogP contribution in [0.2, 0.25) is 0 Å². The van der Waals surface area contributed by atoms with E-state index in [1.54, 1.807) is 19.1 Å². The number of aliphatic hydroxyl groups is 1. The number of para-hydroxylation sites is 1. The predicted octanol–water partition coefficient (Wildman–Crippen LogP) is 3.51. The fourth-order valence-corrected chi connectivity index (χ4v) is 3.48. The third kappa shape index (κ3) is 6.04. The number of halogens is 1. The Morgan fingerprint density at radius 1 is 1.06 bits per heavy atom. The number of aliphatic hydroxyl groups excluding tert-OH is 1. The first kappa shape index (κ1) is 24.1. The molecule has 0 aliphatic carbocycles. The van der Waals surface area contributed by atoms with Gasteiger partial charge in [0.15, 0.2) is 17.5 Å². The van der Waals surface area contributed by atoms with Gasteiger partial charge in [-0.2, -0.15) is 4.99 Å². The first-order valence-corrected chi connectivity index (χ1v) is 10.9. The van der Waals surface area contributed by atoms with Crippen LogP contribution in [0.1, 0.15) is 30.4 Å². The largest absolute Gasteiger partial charge is 0.440 e. The van der Waals surface area contributed by atoms with E-state index >= 15 is 0 Å². The van der Waals surface area contributed by atoms with Crippen LogP contribution in [0.3, 0.4) is 0 Å². The van der Waals surface area contributed by atoms with Crippen LogP contribution >= 0.6 is 0 Å². The van der Waals surface area contributed by atoms with Gasteiger partial charge in [-0.05, 0) is 43.9 Å². The summed E-state index contributed by atoms with van der Waals surface area (Å²) in [7, 11) is 1.52. The summed E-state index contributed by atoms with van der Waals surface area (Å²) >= 11 is 0. The molecule has 3 aromatic rings. The van der Waals surface area contributed by atoms with E-state index < -0.39 is 17.1 Å². The zero-order chi connectivity index (χ0) is 23.8. The molecule has 3 rings (SSSR count). The topological polar surface area (TPSA) is 85.8 Å². The summed E-state index contributed by atoms with van der Waals surface area (Å²) in [6.07, 6.45) is 2.11. The molecule has 1 N–H and O–H groups in total. The van der Waals surface area contributed by atoms with Crippen molar-refractivity contribution < 1.29 is 14.2 Å². The van der Waals surface area contributed by atoms with E-state index in [9.17, 15) is 14.0 Å². The van der Waals surface area contributed by atoms with Crippen molar-refractivity contribution in [2.24, 2.45) is 12.0 Å². The molecule has 174 valence electrons. The molecule has 1 heterocycles. The highest BCUT2D eigenvalue weighted by Crippen LogP contribution is 2.20. The third-order valence-electron chi connectivity index (χ3n) is 5.27. The average Bonchev–Trinajstić information content (AvgIpc) is 2.82. The quantitative estimate of drug-likeness (QED) is 0.397. The molecule has 1 aromatic heterocycles. The van der Waals surface area contributed by atoms with Crippen molar-refractivity contribution >= 4 is 11.7 Å². The number of aliphatic imine (C=N–C) groups is 1. The molecule has 0 bridgehead atoms. The molecule has 0 saturated carbocycles. The SMILES string of the molecule is Cc1c(/N=C(\CCCc2ccccc2)Oc2ccccc2F)n(C)c(=O)n(CCCO)c1=O. The van der Waals surface area contributed by atoms with Crippen LogP contribution in [0.4, 0.5) is 10.2 Å².